The molecule has 318 valence electrons. The van der Waals surface area contributed by atoms with Crippen LogP contribution in [-0.2, 0) is 11.2 Å². The number of piperidine rings is 1. The number of carbonyl (C=O) groups is 3. The quantitative estimate of drug-likeness (QED) is 0.136. The van der Waals surface area contributed by atoms with Crippen LogP contribution >= 0.6 is 11.6 Å². The number of ether oxygens (including phenoxy) is 1. The number of carbonyl (C=O) groups excluding carboxylic acids is 3. The van der Waals surface area contributed by atoms with E-state index in [9.17, 15) is 27.6 Å². The molecule has 0 bridgehead atoms. The molecule has 1 spiro atoms. The van der Waals surface area contributed by atoms with Gasteiger partial charge in [0.05, 0.1) is 40.6 Å². The van der Waals surface area contributed by atoms with Gasteiger partial charge in [0.1, 0.15) is 17.5 Å². The van der Waals surface area contributed by atoms with Gasteiger partial charge in [0.15, 0.2) is 11.5 Å². The van der Waals surface area contributed by atoms with Crippen molar-refractivity contribution in [2.75, 3.05) is 48.3 Å². The molecule has 61 heavy (non-hydrogen) atoms. The number of imidazole rings is 1. The Morgan fingerprint density at radius 1 is 0.951 bits per heavy atom. The highest BCUT2D eigenvalue weighted by atomic mass is 35.5. The molecule has 18 heteroatoms. The molecule has 4 N–H and O–H groups in total. The maximum absolute atomic E-state index is 14.8. The molecule has 1 saturated carbocycles. The van der Waals surface area contributed by atoms with Gasteiger partial charge in [-0.15, -0.1) is 5.10 Å². The predicted octanol–water partition coefficient (Wildman–Crippen LogP) is 7.43. The standard InChI is InChI=1S/C43H44ClF3N10O4/c1-49-32-22-36(53-57-35(39(48)59)24-51-40(32)57)55-17-11-29-28(3-2-4-33(29)55)31-8-6-27(23-50-31)61-26-9-13-42(14-10-26)15-19-54(20-16-42)38(43(45,46)47)25-5-7-30(44)34(21-25)56-18-12-37(58)52-41(56)60/h2-8,21-24,26,38,49H,9-20H2,1H3,(H2,48,59)(H,52,58,60). The Bertz CT molecular complexity index is 2510. The second-order valence-corrected chi connectivity index (χ2v) is 16.7. The van der Waals surface area contributed by atoms with Gasteiger partial charge in [-0.1, -0.05) is 29.8 Å². The van der Waals surface area contributed by atoms with E-state index in [2.05, 4.69) is 26.6 Å². The number of alkyl halides is 3. The number of pyridine rings is 1. The van der Waals surface area contributed by atoms with Crippen molar-refractivity contribution in [3.05, 3.63) is 88.8 Å². The van der Waals surface area contributed by atoms with Crippen LogP contribution < -0.4 is 30.9 Å². The molecule has 5 aromatic rings. The smallest absolute Gasteiger partial charge is 0.408 e. The molecule has 4 aliphatic rings. The summed E-state index contributed by atoms with van der Waals surface area (Å²) in [7, 11) is 1.79. The lowest BCUT2D eigenvalue weighted by Crippen LogP contribution is -2.50. The Labute approximate surface area is 354 Å². The fourth-order valence-electron chi connectivity index (χ4n) is 9.54. The topological polar surface area (TPSA) is 163 Å². The molecule has 3 fully saturated rings. The number of amides is 4. The number of nitrogens with zero attached hydrogens (tertiary/aromatic N) is 7. The van der Waals surface area contributed by atoms with Gasteiger partial charge in [-0.05, 0) is 105 Å². The number of urea groups is 1. The molecular weight excluding hydrogens is 813 g/mol. The Balaban J connectivity index is 0.830. The minimum atomic E-state index is -4.56. The lowest BCUT2D eigenvalue weighted by molar-refractivity contribution is -0.192. The third-order valence-corrected chi connectivity index (χ3v) is 13.1. The number of benzene rings is 2. The van der Waals surface area contributed by atoms with E-state index in [-0.39, 0.29) is 59.5 Å². The summed E-state index contributed by atoms with van der Waals surface area (Å²) in [6, 6.07) is 13.4. The van der Waals surface area contributed by atoms with Gasteiger partial charge in [-0.2, -0.15) is 13.2 Å². The summed E-state index contributed by atoms with van der Waals surface area (Å²) < 4.78 is 52.2. The number of nitrogens with one attached hydrogen (secondary N) is 2. The van der Waals surface area contributed by atoms with Crippen LogP contribution in [0.3, 0.4) is 0 Å². The van der Waals surface area contributed by atoms with Crippen molar-refractivity contribution in [1.82, 2.24) is 29.8 Å². The zero-order chi connectivity index (χ0) is 42.6. The highest BCUT2D eigenvalue weighted by Crippen LogP contribution is 2.49. The molecule has 9 rings (SSSR count). The maximum atomic E-state index is 14.8. The third kappa shape index (κ3) is 7.69. The fraction of sp³-hybridized carbons (Fsp3) is 0.395. The van der Waals surface area contributed by atoms with E-state index in [1.165, 1.54) is 38.7 Å². The lowest BCUT2D eigenvalue weighted by atomic mass is 9.67. The van der Waals surface area contributed by atoms with Crippen molar-refractivity contribution in [3.8, 4) is 17.0 Å². The number of hydrogen-bond donors (Lipinski definition) is 3. The molecule has 3 aromatic heterocycles. The third-order valence-electron chi connectivity index (χ3n) is 12.8. The second kappa shape index (κ2) is 15.8. The van der Waals surface area contributed by atoms with Gasteiger partial charge in [0, 0.05) is 43.9 Å². The monoisotopic (exact) mass is 856 g/mol. The van der Waals surface area contributed by atoms with Crippen LogP contribution in [0.2, 0.25) is 5.02 Å². The molecule has 4 amide bonds. The van der Waals surface area contributed by atoms with Crippen molar-refractivity contribution in [3.63, 3.8) is 0 Å². The average molecular weight is 857 g/mol. The summed E-state index contributed by atoms with van der Waals surface area (Å²) in [5, 5.41) is 10.2. The first-order chi connectivity index (χ1) is 29.3. The lowest BCUT2D eigenvalue weighted by Gasteiger charge is -2.48. The summed E-state index contributed by atoms with van der Waals surface area (Å²) in [5.74, 6) is 0.256. The minimum Gasteiger partial charge on any atom is -0.489 e. The molecule has 0 radical (unpaired) electrons. The molecule has 14 nitrogen and oxygen atoms in total. The number of aromatic nitrogens is 4. The molecule has 1 unspecified atom stereocenters. The number of primary amides is 1. The molecule has 1 atom stereocenters. The highest BCUT2D eigenvalue weighted by molar-refractivity contribution is 6.34. The Hall–Kier alpha value is -5.94. The first kappa shape index (κ1) is 40.5. The van der Waals surface area contributed by atoms with Crippen LogP contribution in [0, 0.1) is 5.41 Å². The van der Waals surface area contributed by atoms with Gasteiger partial charge in [-0.25, -0.2) is 14.3 Å². The van der Waals surface area contributed by atoms with Crippen molar-refractivity contribution in [2.24, 2.45) is 11.1 Å². The Kier molecular flexibility index (Phi) is 10.5. The molecule has 6 heterocycles. The zero-order valence-corrected chi connectivity index (χ0v) is 34.1. The van der Waals surface area contributed by atoms with E-state index in [0.29, 0.717) is 42.3 Å². The molecule has 3 aliphatic heterocycles. The number of nitrogens with two attached hydrogens (primary N) is 1. The number of halogens is 4. The SMILES string of the molecule is CNc1cc(N2CCc3c(-c4ccc(OC5CCC6(CC5)CCN(C(c5ccc(Cl)c(N7CCC(=O)NC7=O)c5)C(F)(F)F)CC6)cn4)cccc32)nn2c(C(N)=O)cnc12. The number of anilines is 4. The summed E-state index contributed by atoms with van der Waals surface area (Å²) in [6.07, 6.45) is 3.95. The summed E-state index contributed by atoms with van der Waals surface area (Å²) in [5.41, 5.74) is 11.1. The zero-order valence-electron chi connectivity index (χ0n) is 33.3. The van der Waals surface area contributed by atoms with Crippen molar-refractivity contribution < 1.29 is 32.3 Å². The van der Waals surface area contributed by atoms with Gasteiger partial charge in [0.25, 0.3) is 5.91 Å². The second-order valence-electron chi connectivity index (χ2n) is 16.3. The largest absolute Gasteiger partial charge is 0.489 e. The van der Waals surface area contributed by atoms with Crippen LogP contribution in [0.1, 0.15) is 72.6 Å². The normalized spacial score (nSPS) is 19.0. The van der Waals surface area contributed by atoms with E-state index in [1.54, 1.807) is 13.2 Å². The summed E-state index contributed by atoms with van der Waals surface area (Å²) in [4.78, 5) is 50.2. The summed E-state index contributed by atoms with van der Waals surface area (Å²) in [6.45, 7) is 1.27. The Morgan fingerprint density at radius 3 is 2.41 bits per heavy atom. The van der Waals surface area contributed by atoms with Crippen LogP contribution in [-0.4, -0.2) is 87.8 Å². The minimum absolute atomic E-state index is 0.00800. The number of fused-ring (bicyclic) bond motifs is 2. The summed E-state index contributed by atoms with van der Waals surface area (Å²) >= 11 is 6.36. The van der Waals surface area contributed by atoms with Crippen LogP contribution in [0.5, 0.6) is 5.75 Å². The number of hydrogen-bond acceptors (Lipinski definition) is 10. The Morgan fingerprint density at radius 2 is 1.72 bits per heavy atom. The first-order valence-electron chi connectivity index (χ1n) is 20.4. The first-order valence-corrected chi connectivity index (χ1v) is 20.8. The van der Waals surface area contributed by atoms with Gasteiger partial charge >= 0.3 is 12.2 Å². The van der Waals surface area contributed by atoms with Gasteiger partial charge in [0.2, 0.25) is 5.91 Å². The maximum Gasteiger partial charge on any atom is 0.408 e. The number of imide groups is 1. The van der Waals surface area contributed by atoms with Crippen molar-refractivity contribution in [1.29, 1.82) is 0 Å². The van der Waals surface area contributed by atoms with Crippen molar-refractivity contribution >= 4 is 58.0 Å². The molecule has 1 aliphatic carbocycles. The fourth-order valence-corrected chi connectivity index (χ4v) is 9.76. The average Bonchev–Trinajstić information content (AvgIpc) is 3.88. The van der Waals surface area contributed by atoms with E-state index >= 15 is 0 Å². The number of rotatable bonds is 9. The number of likely N-dealkylation sites (tertiary alicyclic amines) is 1. The molecular formula is C43H44ClF3N10O4. The van der Waals surface area contributed by atoms with E-state index in [1.807, 2.05) is 30.3 Å². The highest BCUT2D eigenvalue weighted by Gasteiger charge is 2.48. The van der Waals surface area contributed by atoms with Crippen LogP contribution in [0.4, 0.5) is 40.8 Å². The molecule has 2 saturated heterocycles. The van der Waals surface area contributed by atoms with E-state index < -0.39 is 30.1 Å². The predicted molar refractivity (Wildman–Crippen MR) is 223 cm³/mol. The van der Waals surface area contributed by atoms with E-state index in [0.717, 1.165) is 54.6 Å². The molecule has 2 aromatic carbocycles. The van der Waals surface area contributed by atoms with E-state index in [4.69, 9.17) is 32.2 Å². The van der Waals surface area contributed by atoms with Gasteiger partial charge < -0.3 is 20.7 Å². The van der Waals surface area contributed by atoms with Crippen LogP contribution in [0.15, 0.2) is 67.0 Å². The van der Waals surface area contributed by atoms with Crippen molar-refractivity contribution in [2.45, 2.75) is 69.7 Å². The van der Waals surface area contributed by atoms with Gasteiger partial charge in [-0.3, -0.25) is 29.7 Å². The van der Waals surface area contributed by atoms with Crippen LogP contribution in [0.25, 0.3) is 16.9 Å².